The fraction of sp³-hybridized carbons (Fsp3) is 1.00. The second kappa shape index (κ2) is 4.33. The molecule has 0 saturated carbocycles. The summed E-state index contributed by atoms with van der Waals surface area (Å²) in [6, 6.07) is 1.32. The van der Waals surface area contributed by atoms with Crippen LogP contribution in [0.3, 0.4) is 0 Å². The lowest BCUT2D eigenvalue weighted by molar-refractivity contribution is 0.0440. The van der Waals surface area contributed by atoms with Crippen molar-refractivity contribution in [1.29, 1.82) is 0 Å². The zero-order chi connectivity index (χ0) is 9.95. The highest BCUT2D eigenvalue weighted by molar-refractivity contribution is 6.71. The van der Waals surface area contributed by atoms with Gasteiger partial charge in [-0.1, -0.05) is 6.42 Å². The Balaban J connectivity index is 2.47. The van der Waals surface area contributed by atoms with Crippen molar-refractivity contribution in [3.8, 4) is 0 Å². The maximum absolute atomic E-state index is 6.24. The molecule has 0 aromatic rings. The molecular weight excluding hydrogens is 200 g/mol. The van der Waals surface area contributed by atoms with Crippen molar-refractivity contribution in [3.63, 3.8) is 0 Å². The van der Waals surface area contributed by atoms with Crippen molar-refractivity contribution in [2.75, 3.05) is 5.88 Å². The monoisotopic (exact) mass is 220 g/mol. The average molecular weight is 221 g/mol. The standard InChI is InChI=1S/C10H21ClOSi/c1-10(6-4-8-11)7-5-9-13(2,3)12-10/h4-9H2,1-3H3. The van der Waals surface area contributed by atoms with Gasteiger partial charge in [0.25, 0.3) is 0 Å². The maximum atomic E-state index is 6.24. The minimum absolute atomic E-state index is 0.142. The zero-order valence-corrected chi connectivity index (χ0v) is 10.8. The molecule has 0 amide bonds. The predicted molar refractivity (Wildman–Crippen MR) is 61.0 cm³/mol. The number of hydrogen-bond donors (Lipinski definition) is 0. The molecule has 0 radical (unpaired) electrons. The van der Waals surface area contributed by atoms with Crippen LogP contribution in [0.5, 0.6) is 0 Å². The number of halogens is 1. The van der Waals surface area contributed by atoms with Crippen molar-refractivity contribution in [2.24, 2.45) is 0 Å². The molecular formula is C10H21ClOSi. The van der Waals surface area contributed by atoms with E-state index in [-0.39, 0.29) is 5.60 Å². The van der Waals surface area contributed by atoms with Gasteiger partial charge in [0.2, 0.25) is 0 Å². The molecule has 0 aliphatic carbocycles. The summed E-state index contributed by atoms with van der Waals surface area (Å²) in [4.78, 5) is 0. The van der Waals surface area contributed by atoms with E-state index in [1.54, 1.807) is 0 Å². The lowest BCUT2D eigenvalue weighted by Crippen LogP contribution is -2.46. The van der Waals surface area contributed by atoms with Crippen molar-refractivity contribution in [2.45, 2.75) is 57.3 Å². The van der Waals surface area contributed by atoms with E-state index >= 15 is 0 Å². The summed E-state index contributed by atoms with van der Waals surface area (Å²) in [6.07, 6.45) is 4.79. The largest absolute Gasteiger partial charge is 0.412 e. The summed E-state index contributed by atoms with van der Waals surface area (Å²) >= 11 is 5.71. The van der Waals surface area contributed by atoms with Crippen molar-refractivity contribution >= 4 is 19.9 Å². The van der Waals surface area contributed by atoms with Crippen LogP contribution < -0.4 is 0 Å². The Kier molecular flexibility index (Phi) is 3.84. The molecule has 0 bridgehead atoms. The van der Waals surface area contributed by atoms with E-state index in [1.165, 1.54) is 18.9 Å². The Bertz CT molecular complexity index is 172. The summed E-state index contributed by atoms with van der Waals surface area (Å²) in [6.45, 7) is 6.91. The van der Waals surface area contributed by atoms with E-state index < -0.39 is 8.32 Å². The molecule has 1 fully saturated rings. The Morgan fingerprint density at radius 1 is 1.46 bits per heavy atom. The molecule has 13 heavy (non-hydrogen) atoms. The molecule has 0 N–H and O–H groups in total. The second-order valence-electron chi connectivity index (χ2n) is 4.96. The van der Waals surface area contributed by atoms with Gasteiger partial charge < -0.3 is 4.43 Å². The number of rotatable bonds is 3. The van der Waals surface area contributed by atoms with Crippen molar-refractivity contribution < 1.29 is 4.43 Å². The minimum atomic E-state index is -1.32. The van der Waals surface area contributed by atoms with E-state index in [4.69, 9.17) is 16.0 Å². The Morgan fingerprint density at radius 3 is 2.69 bits per heavy atom. The van der Waals surface area contributed by atoms with Gasteiger partial charge in [-0.15, -0.1) is 11.6 Å². The number of alkyl halides is 1. The average Bonchev–Trinajstić information content (AvgIpc) is 1.98. The first kappa shape index (κ1) is 11.5. The van der Waals surface area contributed by atoms with Gasteiger partial charge in [-0.05, 0) is 45.3 Å². The molecule has 1 aliphatic heterocycles. The lowest BCUT2D eigenvalue weighted by atomic mass is 9.95. The predicted octanol–water partition coefficient (Wildman–Crippen LogP) is 3.78. The zero-order valence-electron chi connectivity index (χ0n) is 9.03. The van der Waals surface area contributed by atoms with Crippen LogP contribution in [-0.2, 0) is 4.43 Å². The van der Waals surface area contributed by atoms with Gasteiger partial charge in [0.1, 0.15) is 0 Å². The normalized spacial score (nSPS) is 33.2. The Morgan fingerprint density at radius 2 is 2.15 bits per heavy atom. The second-order valence-corrected chi connectivity index (χ2v) is 9.56. The van der Waals surface area contributed by atoms with Crippen LogP contribution >= 0.6 is 11.6 Å². The molecule has 3 heteroatoms. The van der Waals surface area contributed by atoms with E-state index in [0.717, 1.165) is 18.7 Å². The highest BCUT2D eigenvalue weighted by Crippen LogP contribution is 2.36. The maximum Gasteiger partial charge on any atom is 0.187 e. The first-order valence-corrected chi connectivity index (χ1v) is 8.89. The molecule has 78 valence electrons. The van der Waals surface area contributed by atoms with Crippen LogP contribution in [0.25, 0.3) is 0 Å². The summed E-state index contributed by atoms with van der Waals surface area (Å²) in [5, 5.41) is 0. The minimum Gasteiger partial charge on any atom is -0.412 e. The third-order valence-electron chi connectivity index (χ3n) is 2.85. The highest BCUT2D eigenvalue weighted by atomic mass is 35.5. The quantitative estimate of drug-likeness (QED) is 0.520. The van der Waals surface area contributed by atoms with Gasteiger partial charge in [-0.3, -0.25) is 0 Å². The van der Waals surface area contributed by atoms with Crippen LogP contribution in [0.15, 0.2) is 0 Å². The van der Waals surface area contributed by atoms with Gasteiger partial charge in [-0.2, -0.15) is 0 Å². The van der Waals surface area contributed by atoms with Crippen LogP contribution in [-0.4, -0.2) is 19.8 Å². The van der Waals surface area contributed by atoms with Crippen molar-refractivity contribution in [3.05, 3.63) is 0 Å². The molecule has 1 heterocycles. The third-order valence-corrected chi connectivity index (χ3v) is 5.72. The molecule has 0 aromatic heterocycles. The van der Waals surface area contributed by atoms with Gasteiger partial charge in [0.15, 0.2) is 8.32 Å². The SMILES string of the molecule is CC1(CCCCl)CCC[Si](C)(C)O1. The molecule has 1 rings (SSSR count). The summed E-state index contributed by atoms with van der Waals surface area (Å²) < 4.78 is 6.24. The van der Waals surface area contributed by atoms with Crippen LogP contribution in [0, 0.1) is 0 Å². The van der Waals surface area contributed by atoms with Gasteiger partial charge in [-0.25, -0.2) is 0 Å². The van der Waals surface area contributed by atoms with Crippen LogP contribution in [0.2, 0.25) is 19.1 Å². The number of hydrogen-bond acceptors (Lipinski definition) is 1. The molecule has 0 aromatic carbocycles. The summed E-state index contributed by atoms with van der Waals surface area (Å²) in [5.74, 6) is 0.765. The molecule has 0 spiro atoms. The fourth-order valence-corrected chi connectivity index (χ4v) is 5.08. The molecule has 1 nitrogen and oxygen atoms in total. The van der Waals surface area contributed by atoms with E-state index in [9.17, 15) is 0 Å². The molecule has 1 aliphatic rings. The van der Waals surface area contributed by atoms with Gasteiger partial charge >= 0.3 is 0 Å². The lowest BCUT2D eigenvalue weighted by Gasteiger charge is -2.42. The van der Waals surface area contributed by atoms with Crippen LogP contribution in [0.4, 0.5) is 0 Å². The topological polar surface area (TPSA) is 9.23 Å². The molecule has 1 unspecified atom stereocenters. The van der Waals surface area contributed by atoms with E-state index in [0.29, 0.717) is 0 Å². The van der Waals surface area contributed by atoms with Gasteiger partial charge in [0.05, 0.1) is 5.60 Å². The molecule has 1 atom stereocenters. The third kappa shape index (κ3) is 3.60. The molecule has 1 saturated heterocycles. The smallest absolute Gasteiger partial charge is 0.187 e. The summed E-state index contributed by atoms with van der Waals surface area (Å²) in [5.41, 5.74) is 0.142. The fourth-order valence-electron chi connectivity index (χ4n) is 2.27. The Labute approximate surface area is 87.9 Å². The van der Waals surface area contributed by atoms with Crippen molar-refractivity contribution in [1.82, 2.24) is 0 Å². The van der Waals surface area contributed by atoms with Gasteiger partial charge in [0, 0.05) is 5.88 Å². The van der Waals surface area contributed by atoms with E-state index in [1.807, 2.05) is 0 Å². The Hall–Kier alpha value is 0.467. The highest BCUT2D eigenvalue weighted by Gasteiger charge is 2.37. The first-order chi connectivity index (χ1) is 5.97. The summed E-state index contributed by atoms with van der Waals surface area (Å²) in [7, 11) is -1.32. The van der Waals surface area contributed by atoms with Crippen LogP contribution in [0.1, 0.15) is 32.6 Å². The van der Waals surface area contributed by atoms with E-state index in [2.05, 4.69) is 20.0 Å². The first-order valence-electron chi connectivity index (χ1n) is 5.24.